The maximum absolute atomic E-state index is 12.4. The van der Waals surface area contributed by atoms with Gasteiger partial charge in [-0.05, 0) is 55.6 Å². The third-order valence-corrected chi connectivity index (χ3v) is 6.12. The van der Waals surface area contributed by atoms with Crippen molar-refractivity contribution in [1.29, 1.82) is 0 Å². The van der Waals surface area contributed by atoms with Gasteiger partial charge in [-0.1, -0.05) is 24.6 Å². The lowest BCUT2D eigenvalue weighted by atomic mass is 9.84. The van der Waals surface area contributed by atoms with Gasteiger partial charge in [-0.3, -0.25) is 9.59 Å². The molecule has 2 bridgehead atoms. The monoisotopic (exact) mass is 312 g/mol. The molecule has 2 saturated carbocycles. The van der Waals surface area contributed by atoms with Gasteiger partial charge in [0.1, 0.15) is 0 Å². The molecular weight excluding hydrogens is 288 g/mol. The van der Waals surface area contributed by atoms with Crippen molar-refractivity contribution in [3.8, 4) is 0 Å². The Morgan fingerprint density at radius 1 is 1.30 bits per heavy atom. The van der Waals surface area contributed by atoms with Crippen LogP contribution in [-0.4, -0.2) is 17.9 Å². The van der Waals surface area contributed by atoms with E-state index in [0.29, 0.717) is 5.92 Å². The third-order valence-electron chi connectivity index (χ3n) is 6.12. The molecule has 4 nitrogen and oxygen atoms in total. The van der Waals surface area contributed by atoms with Crippen LogP contribution in [-0.2, 0) is 9.59 Å². The van der Waals surface area contributed by atoms with E-state index in [9.17, 15) is 9.59 Å². The molecule has 122 valence electrons. The van der Waals surface area contributed by atoms with Crippen molar-refractivity contribution in [2.24, 2.45) is 17.8 Å². The van der Waals surface area contributed by atoms with Gasteiger partial charge < -0.3 is 10.6 Å². The van der Waals surface area contributed by atoms with Crippen LogP contribution in [0.3, 0.4) is 0 Å². The molecule has 0 saturated heterocycles. The van der Waals surface area contributed by atoms with Gasteiger partial charge in [0.05, 0.1) is 5.92 Å². The summed E-state index contributed by atoms with van der Waals surface area (Å²) in [7, 11) is 0. The first-order chi connectivity index (χ1) is 11.1. The second-order valence-electron chi connectivity index (χ2n) is 7.53. The van der Waals surface area contributed by atoms with E-state index in [-0.39, 0.29) is 30.2 Å². The number of carbonyl (C=O) groups is 2. The molecule has 2 amide bonds. The second-order valence-corrected chi connectivity index (χ2v) is 7.53. The van der Waals surface area contributed by atoms with E-state index in [4.69, 9.17) is 0 Å². The quantitative estimate of drug-likeness (QED) is 0.898. The zero-order valence-electron chi connectivity index (χ0n) is 13.5. The molecule has 1 aromatic carbocycles. The van der Waals surface area contributed by atoms with Crippen molar-refractivity contribution in [3.63, 3.8) is 0 Å². The van der Waals surface area contributed by atoms with Crippen molar-refractivity contribution < 1.29 is 9.59 Å². The predicted molar refractivity (Wildman–Crippen MR) is 89.0 cm³/mol. The van der Waals surface area contributed by atoms with Gasteiger partial charge in [-0.15, -0.1) is 0 Å². The maximum atomic E-state index is 12.4. The molecule has 1 aromatic rings. The smallest absolute Gasteiger partial charge is 0.232 e. The van der Waals surface area contributed by atoms with Crippen LogP contribution >= 0.6 is 0 Å². The highest BCUT2D eigenvalue weighted by Gasteiger charge is 2.42. The fourth-order valence-corrected chi connectivity index (χ4v) is 4.99. The Morgan fingerprint density at radius 2 is 2.13 bits per heavy atom. The molecule has 4 rings (SSSR count). The summed E-state index contributed by atoms with van der Waals surface area (Å²) in [5.74, 6) is 1.90. The Kier molecular flexibility index (Phi) is 3.63. The van der Waals surface area contributed by atoms with Crippen LogP contribution in [0.15, 0.2) is 24.3 Å². The lowest BCUT2D eigenvalue weighted by Crippen LogP contribution is -2.40. The number of nitrogens with one attached hydrogen (secondary N) is 2. The average molecular weight is 312 g/mol. The number of carbonyl (C=O) groups excluding carboxylic acids is 2. The minimum Gasteiger partial charge on any atom is -0.353 e. The Balaban J connectivity index is 1.38. The first-order valence-electron chi connectivity index (χ1n) is 8.81. The number of benzene rings is 1. The minimum absolute atomic E-state index is 0.00266. The van der Waals surface area contributed by atoms with Gasteiger partial charge in [0.15, 0.2) is 0 Å². The van der Waals surface area contributed by atoms with Crippen LogP contribution in [0.2, 0.25) is 0 Å². The number of rotatable bonds is 4. The van der Waals surface area contributed by atoms with E-state index in [2.05, 4.69) is 17.6 Å². The summed E-state index contributed by atoms with van der Waals surface area (Å²) in [6.45, 7) is 2.13. The van der Waals surface area contributed by atoms with Crippen LogP contribution in [0.4, 0.5) is 5.69 Å². The molecule has 3 aliphatic rings. The molecule has 1 heterocycles. The highest BCUT2D eigenvalue weighted by Crippen LogP contribution is 2.49. The topological polar surface area (TPSA) is 58.2 Å². The fourth-order valence-electron chi connectivity index (χ4n) is 4.99. The number of para-hydroxylation sites is 1. The van der Waals surface area contributed by atoms with E-state index in [0.717, 1.165) is 23.1 Å². The van der Waals surface area contributed by atoms with Crippen LogP contribution in [0.1, 0.15) is 50.5 Å². The first-order valence-corrected chi connectivity index (χ1v) is 8.81. The van der Waals surface area contributed by atoms with Crippen LogP contribution in [0, 0.1) is 17.8 Å². The summed E-state index contributed by atoms with van der Waals surface area (Å²) in [6.07, 6.45) is 5.56. The number of anilines is 1. The van der Waals surface area contributed by atoms with Gasteiger partial charge in [0.25, 0.3) is 0 Å². The SMILES string of the molecule is C[C@H](NC(=O)C[C@@H]1C(=O)Nc2ccccc21)[C@@H]1C[C@H]2CC[C@H]1C2. The highest BCUT2D eigenvalue weighted by atomic mass is 16.2. The Morgan fingerprint density at radius 3 is 2.87 bits per heavy atom. The zero-order valence-corrected chi connectivity index (χ0v) is 13.5. The molecule has 23 heavy (non-hydrogen) atoms. The fraction of sp³-hybridized carbons (Fsp3) is 0.579. The molecule has 0 radical (unpaired) electrons. The third kappa shape index (κ3) is 2.64. The molecule has 0 unspecified atom stereocenters. The van der Waals surface area contributed by atoms with Crippen molar-refractivity contribution >= 4 is 17.5 Å². The molecule has 5 atom stereocenters. The average Bonchev–Trinajstić information content (AvgIpc) is 3.22. The van der Waals surface area contributed by atoms with Crippen molar-refractivity contribution in [2.75, 3.05) is 5.32 Å². The Hall–Kier alpha value is -1.84. The van der Waals surface area contributed by atoms with Crippen LogP contribution in [0.25, 0.3) is 0 Å². The standard InChI is InChI=1S/C19H24N2O2/c1-11(15-9-12-6-7-13(15)8-12)20-18(22)10-16-14-4-2-3-5-17(14)21-19(16)23/h2-5,11-13,15-16H,6-10H2,1H3,(H,20,22)(H,21,23)/t11-,12-,13-,15-,16-/m0/s1. The van der Waals surface area contributed by atoms with Crippen LogP contribution in [0.5, 0.6) is 0 Å². The lowest BCUT2D eigenvalue weighted by Gasteiger charge is -2.28. The molecule has 4 heteroatoms. The Bertz CT molecular complexity index is 642. The summed E-state index contributed by atoms with van der Waals surface area (Å²) < 4.78 is 0. The normalized spacial score (nSPS) is 32.5. The van der Waals surface area contributed by atoms with E-state index in [1.807, 2.05) is 24.3 Å². The summed E-state index contributed by atoms with van der Waals surface area (Å²) in [6, 6.07) is 7.87. The summed E-state index contributed by atoms with van der Waals surface area (Å²) in [5, 5.41) is 6.03. The highest BCUT2D eigenvalue weighted by molar-refractivity contribution is 6.04. The van der Waals surface area contributed by atoms with Gasteiger partial charge in [0.2, 0.25) is 11.8 Å². The van der Waals surface area contributed by atoms with Crippen molar-refractivity contribution in [2.45, 2.75) is 51.0 Å². The van der Waals surface area contributed by atoms with Gasteiger partial charge in [-0.2, -0.15) is 0 Å². The van der Waals surface area contributed by atoms with Crippen LogP contribution < -0.4 is 10.6 Å². The molecule has 2 N–H and O–H groups in total. The van der Waals surface area contributed by atoms with Crippen molar-refractivity contribution in [1.82, 2.24) is 5.32 Å². The predicted octanol–water partition coefficient (Wildman–Crippen LogP) is 3.05. The number of hydrogen-bond acceptors (Lipinski definition) is 2. The van der Waals surface area contributed by atoms with E-state index in [1.165, 1.54) is 25.7 Å². The van der Waals surface area contributed by atoms with E-state index in [1.54, 1.807) is 0 Å². The molecule has 2 fully saturated rings. The van der Waals surface area contributed by atoms with E-state index >= 15 is 0 Å². The van der Waals surface area contributed by atoms with Gasteiger partial charge in [0, 0.05) is 18.2 Å². The molecule has 2 aliphatic carbocycles. The molecular formula is C19H24N2O2. The molecule has 0 aromatic heterocycles. The summed E-state index contributed by atoms with van der Waals surface area (Å²) in [5.41, 5.74) is 1.79. The number of amides is 2. The molecule has 1 aliphatic heterocycles. The van der Waals surface area contributed by atoms with Crippen molar-refractivity contribution in [3.05, 3.63) is 29.8 Å². The lowest BCUT2D eigenvalue weighted by molar-refractivity contribution is -0.125. The largest absolute Gasteiger partial charge is 0.353 e. The maximum Gasteiger partial charge on any atom is 0.232 e. The molecule has 0 spiro atoms. The summed E-state index contributed by atoms with van der Waals surface area (Å²) >= 11 is 0. The second kappa shape index (κ2) is 5.66. The number of fused-ring (bicyclic) bond motifs is 3. The van der Waals surface area contributed by atoms with Gasteiger partial charge >= 0.3 is 0 Å². The zero-order chi connectivity index (χ0) is 16.0. The number of hydrogen-bond donors (Lipinski definition) is 2. The van der Waals surface area contributed by atoms with E-state index < -0.39 is 0 Å². The Labute approximate surface area is 137 Å². The summed E-state index contributed by atoms with van der Waals surface area (Å²) in [4.78, 5) is 24.6. The van der Waals surface area contributed by atoms with Gasteiger partial charge in [-0.25, -0.2) is 0 Å². The minimum atomic E-state index is -0.349. The first kappa shape index (κ1) is 14.7.